The van der Waals surface area contributed by atoms with Crippen LogP contribution in [0.15, 0.2) is 101 Å². The van der Waals surface area contributed by atoms with Crippen molar-refractivity contribution < 1.29 is 120 Å². The van der Waals surface area contributed by atoms with Crippen LogP contribution in [-0.2, 0) is 130 Å². The molecule has 11 atom stereocenters. The Morgan fingerprint density at radius 3 is 1.67 bits per heavy atom. The lowest BCUT2D eigenvalue weighted by molar-refractivity contribution is -0.150. The van der Waals surface area contributed by atoms with Gasteiger partial charge >= 0.3 is 7.60 Å². The average Bonchev–Trinajstić information content (AvgIpc) is 0.719. The number of aliphatic hydroxyl groups excluding tert-OH is 1. The topological polar surface area (TPSA) is 509 Å². The van der Waals surface area contributed by atoms with Crippen molar-refractivity contribution in [2.75, 3.05) is 168 Å². The minimum absolute atomic E-state index is 0.00367. The first-order valence-electron chi connectivity index (χ1n) is 50.0. The molecule has 10 amide bonds. The Hall–Kier alpha value is -10.0. The highest BCUT2D eigenvalue weighted by atomic mass is 31.2. The van der Waals surface area contributed by atoms with E-state index in [2.05, 4.69) is 78.7 Å². The molecule has 0 spiro atoms. The first kappa shape index (κ1) is 113. The lowest BCUT2D eigenvalue weighted by Gasteiger charge is -2.56. The highest BCUT2D eigenvalue weighted by Crippen LogP contribution is 2.60. The Morgan fingerprint density at radius 1 is 0.518 bits per heavy atom. The molecular weight excluding hydrogens is 1840 g/mol. The number of imide groups is 1. The first-order valence-corrected chi connectivity index (χ1v) is 51.8. The monoisotopic (exact) mass is 1990 g/mol. The molecule has 1 heterocycles. The number of nitrogens with zero attached hydrogens (tertiary/aromatic N) is 2. The van der Waals surface area contributed by atoms with Crippen LogP contribution in [0.2, 0.25) is 0 Å². The van der Waals surface area contributed by atoms with Crippen molar-refractivity contribution >= 4 is 78.0 Å². The predicted molar refractivity (Wildman–Crippen MR) is 525 cm³/mol. The minimum atomic E-state index is -4.09. The molecule has 37 nitrogen and oxygen atoms in total. The molecule has 5 aliphatic carbocycles. The molecule has 0 aromatic heterocycles. The summed E-state index contributed by atoms with van der Waals surface area (Å²) in [5.41, 5.74) is 14.5. The van der Waals surface area contributed by atoms with Crippen LogP contribution >= 0.6 is 7.60 Å². The lowest BCUT2D eigenvalue weighted by Crippen LogP contribution is -2.60. The number of carbonyl (C=O) groups is 10. The van der Waals surface area contributed by atoms with Gasteiger partial charge in [0, 0.05) is 61.4 Å². The summed E-state index contributed by atoms with van der Waals surface area (Å²) in [5, 5.41) is 50.8. The number of fused-ring (bicyclic) bond motifs is 8. The van der Waals surface area contributed by atoms with Crippen LogP contribution in [0.1, 0.15) is 209 Å². The fourth-order valence-corrected chi connectivity index (χ4v) is 20.7. The van der Waals surface area contributed by atoms with Gasteiger partial charge in [0.1, 0.15) is 48.3 Å². The lowest BCUT2D eigenvalue weighted by atomic mass is 9.49. The van der Waals surface area contributed by atoms with Gasteiger partial charge in [-0.25, -0.2) is 5.53 Å². The maximum Gasteiger partial charge on any atom is 0.327 e. The van der Waals surface area contributed by atoms with E-state index in [0.29, 0.717) is 134 Å². The van der Waals surface area contributed by atoms with Crippen molar-refractivity contribution in [2.24, 2.45) is 33.7 Å². The number of hydrogen-bond donors (Lipinski definition) is 14. The summed E-state index contributed by atoms with van der Waals surface area (Å²) >= 11 is 0. The van der Waals surface area contributed by atoms with E-state index in [0.717, 1.165) is 90.4 Å². The van der Waals surface area contributed by atoms with Gasteiger partial charge in [0.05, 0.1) is 155 Å². The van der Waals surface area contributed by atoms with Crippen LogP contribution in [-0.4, -0.2) is 267 Å². The molecule has 14 N–H and O–H groups in total. The molecule has 0 saturated heterocycles. The van der Waals surface area contributed by atoms with Gasteiger partial charge in [-0.1, -0.05) is 122 Å². The maximum atomic E-state index is 15.0. The second-order valence-electron chi connectivity index (χ2n) is 38.4. The Bertz CT molecular complexity index is 4990. The number of unbranched alkanes of at least 4 members (excludes halogenated alkanes) is 1. The second kappa shape index (κ2) is 56.9. The van der Waals surface area contributed by atoms with Crippen molar-refractivity contribution in [1.29, 1.82) is 5.53 Å². The van der Waals surface area contributed by atoms with Crippen LogP contribution < -0.4 is 52.8 Å². The third-order valence-electron chi connectivity index (χ3n) is 28.0. The minimum Gasteiger partial charge on any atom is -0.508 e. The highest BCUT2D eigenvalue weighted by molar-refractivity contribution is 7.51. The molecule has 2 saturated carbocycles. The zero-order valence-electron chi connectivity index (χ0n) is 82.9. The average molecular weight is 1990 g/mol. The van der Waals surface area contributed by atoms with Crippen molar-refractivity contribution in [2.45, 2.75) is 231 Å². The molecule has 2 fully saturated rings. The Kier molecular flexibility index (Phi) is 45.6. The molecule has 1 aliphatic heterocycles. The Morgan fingerprint density at radius 2 is 1.07 bits per heavy atom. The van der Waals surface area contributed by atoms with Crippen molar-refractivity contribution in [3.05, 3.63) is 135 Å². The normalized spacial score (nSPS) is 21.6. The largest absolute Gasteiger partial charge is 0.508 e. The van der Waals surface area contributed by atoms with Gasteiger partial charge in [-0.2, -0.15) is 5.11 Å². The summed E-state index contributed by atoms with van der Waals surface area (Å²) in [4.78, 5) is 160. The number of amides is 10. The number of phenolic OH excluding ortho intramolecular Hbond substituents is 1. The van der Waals surface area contributed by atoms with Crippen LogP contribution in [0.3, 0.4) is 0 Å². The maximum absolute atomic E-state index is 15.0. The zero-order chi connectivity index (χ0) is 101. The number of benzene rings is 4. The summed E-state index contributed by atoms with van der Waals surface area (Å²) in [5.74, 6) is 0.785. The van der Waals surface area contributed by atoms with Gasteiger partial charge in [0.2, 0.25) is 59.1 Å². The predicted octanol–water partition coefficient (Wildman–Crippen LogP) is 8.33. The third-order valence-corrected chi connectivity index (χ3v) is 28.7. The summed E-state index contributed by atoms with van der Waals surface area (Å²) in [6.45, 7) is 17.4. The highest BCUT2D eigenvalue weighted by Gasteiger charge is 2.59. The van der Waals surface area contributed by atoms with Gasteiger partial charge in [0.25, 0.3) is 0 Å². The number of ether oxygens (including phenoxy) is 10. The standard InChI is InChI=1S/C103H149N12O25P/c1-70(2)92(97(125)108-71(3)94(122)111-83(68-116)96(124)109-77-32-28-73-30-34-86-100(4,79(73)65-77)39-17-41-102(86,6)98(126)113-99(127)103(7)42-18-40-101(5)80-66-78(117)33-29-74(80)31-35-87(101)103)112-95(123)82(23-15-16-43-106-90(120)69-140-85-25-10-8-9-22-81(93(85)114-104)105-44-47-132-50-53-135-57-58-137-59-60-138-61-62-139-63-64-141(128,129)130)110-89(119)38-46-131-49-52-134-55-56-136-54-51-133-48-45-107-88(118)36-37-91(121)115-67-76-21-12-11-19-72(76)26-27-75-20-13-14-24-84(75)115/h11-14,19-21,24,28-29,32-33,65-66,70-71,82-83,85-87,92,104-105,116-117H,8-10,15-18,22-23,25,30-31,34-64,67-69H2,1-7H3,(H,106,120)(H,107,118)(H,108,125)(H,109,124)(H,110,119)(H,111,122)(H,112,123)(H,113,126,127)(H2,128,129,130)/b93-81-,114-104?/t71-,82?,83-,85?,86+,87+,92-,100+,101+,102-,103-/m0/s1. The number of carbonyl (C=O) groups excluding carboxylic acids is 10. The van der Waals surface area contributed by atoms with E-state index >= 15 is 0 Å². The fraction of sp³-hybridized carbons (Fsp3) is 0.631. The number of nitrogens with one attached hydrogen (secondary N) is 10. The van der Waals surface area contributed by atoms with Gasteiger partial charge in [-0.15, -0.1) is 0 Å². The number of aryl methyl sites for hydroxylation is 2. The number of rotatable bonds is 59. The van der Waals surface area contributed by atoms with Gasteiger partial charge in [-0.05, 0) is 196 Å². The quantitative estimate of drug-likeness (QED) is 0.00649. The summed E-state index contributed by atoms with van der Waals surface area (Å²) < 4.78 is 67.1. The van der Waals surface area contributed by atoms with Crippen molar-refractivity contribution in [3.8, 4) is 17.6 Å². The van der Waals surface area contributed by atoms with Gasteiger partial charge in [-0.3, -0.25) is 57.8 Å². The number of anilines is 2. The number of hydrogen-bond acceptors (Lipinski definition) is 26. The SMILES string of the molecule is CC(C)[C@H](NC(=O)C(CCCCNC(=O)COC1CCCCC/C(NCCOCCOCCOCCOCCOCCP(=O)(O)O)=C\1N=N)NC(=O)CCOCCOCCOCCOCCNC(=O)CCC(=O)N1Cc2ccccc2C#Cc2ccccc21)C(=O)N[C@@H](C)C(=O)N[C@@H](CO)C(=O)Nc1ccc2c(c1)[C@@]1(C)CCC[C@](C)(C(=O)NC(=O)[C@@]3(C)CCC[C@]4(C)c5cc(O)ccc5CC[C@@H]34)[C@@H]1CC2. The van der Waals surface area contributed by atoms with E-state index in [1.165, 1.54) is 12.5 Å². The summed E-state index contributed by atoms with van der Waals surface area (Å²) in [7, 11) is -4.09. The van der Waals surface area contributed by atoms with Crippen LogP contribution in [0.5, 0.6) is 5.75 Å². The Labute approximate surface area is 827 Å². The Balaban J connectivity index is 0.656. The molecule has 0 bridgehead atoms. The van der Waals surface area contributed by atoms with E-state index in [-0.39, 0.29) is 171 Å². The van der Waals surface area contributed by atoms with Crippen LogP contribution in [0, 0.1) is 46.0 Å². The number of allylic oxidation sites excluding steroid dienone is 1. The van der Waals surface area contributed by atoms with E-state index in [9.17, 15) is 62.7 Å². The molecule has 4 aromatic carbocycles. The van der Waals surface area contributed by atoms with Crippen molar-refractivity contribution in [3.63, 3.8) is 0 Å². The van der Waals surface area contributed by atoms with E-state index in [1.807, 2.05) is 86.6 Å². The van der Waals surface area contributed by atoms with Crippen LogP contribution in [0.4, 0.5) is 11.4 Å². The molecule has 2 unspecified atom stereocenters. The van der Waals surface area contributed by atoms with Crippen molar-refractivity contribution in [1.82, 2.24) is 42.5 Å². The van der Waals surface area contributed by atoms with Gasteiger partial charge in [0.15, 0.2) is 0 Å². The smallest absolute Gasteiger partial charge is 0.327 e. The van der Waals surface area contributed by atoms with Gasteiger partial charge < -0.3 is 115 Å². The number of aromatic hydroxyl groups is 1. The molecular formula is C103H149N12O25P. The van der Waals surface area contributed by atoms with E-state index < -0.39 is 102 Å². The van der Waals surface area contributed by atoms with E-state index in [4.69, 9.17) is 62.7 Å². The molecule has 38 heteroatoms. The first-order chi connectivity index (χ1) is 67.8. The summed E-state index contributed by atoms with van der Waals surface area (Å²) in [6, 6.07) is 21.1. The third kappa shape index (κ3) is 33.8. The molecule has 10 rings (SSSR count). The molecule has 0 radical (unpaired) electrons. The van der Waals surface area contributed by atoms with E-state index in [1.54, 1.807) is 30.9 Å². The zero-order valence-corrected chi connectivity index (χ0v) is 83.8. The molecule has 6 aliphatic rings. The molecule has 4 aromatic rings. The molecule has 776 valence electrons. The second-order valence-corrected chi connectivity index (χ2v) is 40.2. The molecule has 141 heavy (non-hydrogen) atoms. The number of aliphatic hydroxyl groups is 1. The summed E-state index contributed by atoms with van der Waals surface area (Å²) in [6.07, 6.45) is 10.5. The fourth-order valence-electron chi connectivity index (χ4n) is 20.3. The number of para-hydroxylation sites is 1. The number of phenols is 1. The van der Waals surface area contributed by atoms with Crippen LogP contribution in [0.25, 0.3) is 0 Å².